The van der Waals surface area contributed by atoms with E-state index in [9.17, 15) is 4.79 Å². The van der Waals surface area contributed by atoms with Gasteiger partial charge in [-0.3, -0.25) is 4.79 Å². The lowest BCUT2D eigenvalue weighted by Gasteiger charge is -2.36. The monoisotopic (exact) mass is 212 g/mol. The smallest absolute Gasteiger partial charge is 0.309 e. The van der Waals surface area contributed by atoms with Crippen molar-refractivity contribution in [3.05, 3.63) is 12.8 Å². The summed E-state index contributed by atoms with van der Waals surface area (Å²) in [5, 5.41) is 0. The number of carbonyl (C=O) groups excluding carboxylic acids is 1. The summed E-state index contributed by atoms with van der Waals surface area (Å²) in [7, 11) is 0. The second kappa shape index (κ2) is 4.69. The van der Waals surface area contributed by atoms with E-state index >= 15 is 0 Å². The van der Waals surface area contributed by atoms with E-state index in [1.54, 1.807) is 0 Å². The Hall–Kier alpha value is -0.990. The van der Waals surface area contributed by atoms with Crippen LogP contribution in [0.15, 0.2) is 12.8 Å². The van der Waals surface area contributed by atoms with E-state index in [1.165, 1.54) is 6.26 Å². The van der Waals surface area contributed by atoms with Crippen LogP contribution in [0.5, 0.6) is 0 Å². The van der Waals surface area contributed by atoms with E-state index in [4.69, 9.17) is 9.47 Å². The van der Waals surface area contributed by atoms with Gasteiger partial charge in [0.05, 0.1) is 18.8 Å². The fourth-order valence-corrected chi connectivity index (χ4v) is 2.55. The van der Waals surface area contributed by atoms with Crippen molar-refractivity contribution in [2.24, 2.45) is 5.92 Å². The number of cyclic esters (lactones) is 1. The first-order valence-electron chi connectivity index (χ1n) is 5.21. The zero-order valence-electron chi connectivity index (χ0n) is 8.33. The van der Waals surface area contributed by atoms with Gasteiger partial charge in [0.15, 0.2) is 0 Å². The lowest BCUT2D eigenvalue weighted by atomic mass is 9.77. The van der Waals surface area contributed by atoms with Gasteiger partial charge in [-0.05, 0) is 19.3 Å². The maximum atomic E-state index is 11.5. The van der Waals surface area contributed by atoms with Crippen molar-refractivity contribution in [3.63, 3.8) is 0 Å². The molecule has 0 spiro atoms. The zero-order valence-corrected chi connectivity index (χ0v) is 8.33. The Balaban J connectivity index is 0.00000112. The Morgan fingerprint density at radius 1 is 1.53 bits per heavy atom. The SMILES string of the molecule is C.C=COC12CCCC(C1)C(=O)OCC2. The van der Waals surface area contributed by atoms with E-state index in [0.717, 1.165) is 32.1 Å². The molecular weight excluding hydrogens is 192 g/mol. The van der Waals surface area contributed by atoms with Crippen molar-refractivity contribution in [2.45, 2.75) is 45.1 Å². The Morgan fingerprint density at radius 2 is 2.33 bits per heavy atom. The molecule has 2 rings (SSSR count). The van der Waals surface area contributed by atoms with Crippen molar-refractivity contribution < 1.29 is 14.3 Å². The highest BCUT2D eigenvalue weighted by Gasteiger charge is 2.43. The van der Waals surface area contributed by atoms with Crippen LogP contribution < -0.4 is 0 Å². The normalized spacial score (nSPS) is 34.4. The summed E-state index contributed by atoms with van der Waals surface area (Å²) < 4.78 is 10.7. The lowest BCUT2D eigenvalue weighted by Crippen LogP contribution is -2.37. The summed E-state index contributed by atoms with van der Waals surface area (Å²) in [4.78, 5) is 11.5. The molecule has 86 valence electrons. The van der Waals surface area contributed by atoms with E-state index in [0.29, 0.717) is 6.61 Å². The van der Waals surface area contributed by atoms with Crippen LogP contribution in [0.25, 0.3) is 0 Å². The number of carbonyl (C=O) groups is 1. The first kappa shape index (κ1) is 12.1. The molecule has 3 heteroatoms. The van der Waals surface area contributed by atoms with Crippen molar-refractivity contribution in [1.29, 1.82) is 0 Å². The topological polar surface area (TPSA) is 35.5 Å². The maximum absolute atomic E-state index is 11.5. The van der Waals surface area contributed by atoms with Crippen LogP contribution in [0.3, 0.4) is 0 Å². The van der Waals surface area contributed by atoms with Gasteiger partial charge in [0.25, 0.3) is 0 Å². The van der Waals surface area contributed by atoms with Crippen molar-refractivity contribution in [2.75, 3.05) is 6.61 Å². The van der Waals surface area contributed by atoms with Gasteiger partial charge in [0.2, 0.25) is 0 Å². The summed E-state index contributed by atoms with van der Waals surface area (Å²) in [5.74, 6) is 0.00503. The van der Waals surface area contributed by atoms with Gasteiger partial charge in [-0.25, -0.2) is 0 Å². The van der Waals surface area contributed by atoms with Crippen molar-refractivity contribution in [1.82, 2.24) is 0 Å². The van der Waals surface area contributed by atoms with Crippen LogP contribution >= 0.6 is 0 Å². The van der Waals surface area contributed by atoms with Crippen LogP contribution in [-0.4, -0.2) is 18.2 Å². The molecule has 1 heterocycles. The minimum Gasteiger partial charge on any atom is -0.495 e. The van der Waals surface area contributed by atoms with Crippen LogP contribution in [0.4, 0.5) is 0 Å². The van der Waals surface area contributed by atoms with Gasteiger partial charge in [-0.2, -0.15) is 0 Å². The Morgan fingerprint density at radius 3 is 3.07 bits per heavy atom. The molecule has 2 atom stereocenters. The second-order valence-corrected chi connectivity index (χ2v) is 4.18. The fraction of sp³-hybridized carbons (Fsp3) is 0.750. The molecule has 0 N–H and O–H groups in total. The number of rotatable bonds is 2. The molecular formula is C12H20O3. The molecule has 1 aliphatic heterocycles. The van der Waals surface area contributed by atoms with E-state index in [1.807, 2.05) is 0 Å². The third-order valence-electron chi connectivity index (χ3n) is 3.27. The van der Waals surface area contributed by atoms with E-state index in [2.05, 4.69) is 6.58 Å². The number of hydrogen-bond donors (Lipinski definition) is 0. The first-order chi connectivity index (χ1) is 6.76. The molecule has 0 amide bonds. The molecule has 2 bridgehead atoms. The summed E-state index contributed by atoms with van der Waals surface area (Å²) in [6.07, 6.45) is 6.12. The van der Waals surface area contributed by atoms with Crippen LogP contribution in [0, 0.1) is 5.92 Å². The molecule has 1 saturated heterocycles. The van der Waals surface area contributed by atoms with Gasteiger partial charge in [0.1, 0.15) is 5.60 Å². The maximum Gasteiger partial charge on any atom is 0.309 e. The molecule has 0 aromatic rings. The largest absolute Gasteiger partial charge is 0.495 e. The highest BCUT2D eigenvalue weighted by Crippen LogP contribution is 2.40. The van der Waals surface area contributed by atoms with Crippen LogP contribution in [0.2, 0.25) is 0 Å². The fourth-order valence-electron chi connectivity index (χ4n) is 2.55. The van der Waals surface area contributed by atoms with Gasteiger partial charge in [0, 0.05) is 12.8 Å². The summed E-state index contributed by atoms with van der Waals surface area (Å²) in [6.45, 7) is 4.09. The van der Waals surface area contributed by atoms with Crippen molar-refractivity contribution in [3.8, 4) is 0 Å². The number of fused-ring (bicyclic) bond motifs is 2. The second-order valence-electron chi connectivity index (χ2n) is 4.18. The first-order valence-corrected chi connectivity index (χ1v) is 5.21. The molecule has 0 aromatic heterocycles. The number of esters is 1. The van der Waals surface area contributed by atoms with Gasteiger partial charge in [-0.1, -0.05) is 14.0 Å². The molecule has 0 radical (unpaired) electrons. The Bertz CT molecular complexity index is 249. The number of hydrogen-bond acceptors (Lipinski definition) is 3. The molecule has 2 fully saturated rings. The average molecular weight is 212 g/mol. The van der Waals surface area contributed by atoms with Gasteiger partial charge in [-0.15, -0.1) is 0 Å². The summed E-state index contributed by atoms with van der Waals surface area (Å²) >= 11 is 0. The highest BCUT2D eigenvalue weighted by molar-refractivity contribution is 5.73. The minimum absolute atomic E-state index is 0. The van der Waals surface area contributed by atoms with Gasteiger partial charge >= 0.3 is 5.97 Å². The Labute approximate surface area is 91.4 Å². The molecule has 1 saturated carbocycles. The summed E-state index contributed by atoms with van der Waals surface area (Å²) in [6, 6.07) is 0. The Kier molecular flexibility index (Phi) is 3.77. The lowest BCUT2D eigenvalue weighted by molar-refractivity contribution is -0.148. The minimum atomic E-state index is -0.170. The molecule has 2 aliphatic rings. The molecule has 1 aliphatic carbocycles. The zero-order chi connectivity index (χ0) is 10.0. The van der Waals surface area contributed by atoms with E-state index < -0.39 is 0 Å². The third kappa shape index (κ3) is 2.33. The summed E-state index contributed by atoms with van der Waals surface area (Å²) in [5.41, 5.74) is -0.170. The predicted octanol–water partition coefficient (Wildman–Crippen LogP) is 2.66. The quantitative estimate of drug-likeness (QED) is 0.521. The molecule has 15 heavy (non-hydrogen) atoms. The van der Waals surface area contributed by atoms with E-state index in [-0.39, 0.29) is 24.9 Å². The van der Waals surface area contributed by atoms with Crippen molar-refractivity contribution >= 4 is 5.97 Å². The third-order valence-corrected chi connectivity index (χ3v) is 3.27. The predicted molar refractivity (Wildman–Crippen MR) is 58.3 cm³/mol. The standard InChI is InChI=1S/C11H16O3.CH4/c1-2-14-11-5-3-4-9(8-11)10(12)13-7-6-11;/h2,9H,1,3-8H2;1H4. The highest BCUT2D eigenvalue weighted by atomic mass is 16.5. The molecule has 2 unspecified atom stereocenters. The molecule has 0 aromatic carbocycles. The molecule has 3 nitrogen and oxygen atoms in total. The van der Waals surface area contributed by atoms with Crippen LogP contribution in [0.1, 0.15) is 39.5 Å². The van der Waals surface area contributed by atoms with Gasteiger partial charge < -0.3 is 9.47 Å². The number of ether oxygens (including phenoxy) is 2. The average Bonchev–Trinajstić information content (AvgIpc) is 2.27. The van der Waals surface area contributed by atoms with Crippen LogP contribution in [-0.2, 0) is 14.3 Å².